The fraction of sp³-hybridized carbons (Fsp3) is 0.800. The molecule has 1 rings (SSSR count). The van der Waals surface area contributed by atoms with Gasteiger partial charge < -0.3 is 15.7 Å². The number of aliphatic hydroxyl groups is 1. The van der Waals surface area contributed by atoms with Gasteiger partial charge in [-0.3, -0.25) is 10.1 Å². The molecule has 6 heteroatoms. The highest BCUT2D eigenvalue weighted by molar-refractivity contribution is 5.93. The summed E-state index contributed by atoms with van der Waals surface area (Å²) in [6.45, 7) is 1.46. The zero-order valence-electron chi connectivity index (χ0n) is 9.48. The van der Waals surface area contributed by atoms with Crippen molar-refractivity contribution in [2.75, 3.05) is 20.1 Å². The van der Waals surface area contributed by atoms with Crippen LogP contribution in [0, 0.1) is 5.92 Å². The molecular formula is C10H19N3O3. The van der Waals surface area contributed by atoms with Crippen LogP contribution in [0.1, 0.15) is 19.3 Å². The third kappa shape index (κ3) is 4.59. The molecule has 3 amide bonds. The van der Waals surface area contributed by atoms with E-state index in [1.807, 2.05) is 17.3 Å². The van der Waals surface area contributed by atoms with Gasteiger partial charge in [-0.05, 0) is 25.8 Å². The number of urea groups is 1. The van der Waals surface area contributed by atoms with Crippen LogP contribution in [0.15, 0.2) is 0 Å². The van der Waals surface area contributed by atoms with Crippen LogP contribution < -0.4 is 11.1 Å². The molecular weight excluding hydrogens is 210 g/mol. The summed E-state index contributed by atoms with van der Waals surface area (Å²) < 4.78 is 0. The smallest absolute Gasteiger partial charge is 0.318 e. The van der Waals surface area contributed by atoms with E-state index in [1.54, 1.807) is 0 Å². The maximum absolute atomic E-state index is 11.1. The first kappa shape index (κ1) is 12.9. The third-order valence-electron chi connectivity index (χ3n) is 2.76. The SMILES string of the molecule is CN(CCC(=O)NC(N)=O)CC1CC(O)C1. The first-order chi connectivity index (χ1) is 7.47. The van der Waals surface area contributed by atoms with Crippen molar-refractivity contribution in [2.24, 2.45) is 11.7 Å². The van der Waals surface area contributed by atoms with E-state index in [1.165, 1.54) is 0 Å². The summed E-state index contributed by atoms with van der Waals surface area (Å²) in [5, 5.41) is 11.1. The molecule has 0 aromatic heterocycles. The maximum atomic E-state index is 11.1. The summed E-state index contributed by atoms with van der Waals surface area (Å²) in [5.74, 6) is 0.173. The van der Waals surface area contributed by atoms with Crippen molar-refractivity contribution >= 4 is 11.9 Å². The number of nitrogens with two attached hydrogens (primary N) is 1. The van der Waals surface area contributed by atoms with Gasteiger partial charge in [0.05, 0.1) is 6.10 Å². The molecule has 92 valence electrons. The van der Waals surface area contributed by atoms with E-state index in [0.29, 0.717) is 12.5 Å². The Morgan fingerprint density at radius 2 is 2.12 bits per heavy atom. The van der Waals surface area contributed by atoms with Crippen molar-refractivity contribution in [2.45, 2.75) is 25.4 Å². The summed E-state index contributed by atoms with van der Waals surface area (Å²) in [6, 6.07) is -0.810. The lowest BCUT2D eigenvalue weighted by Crippen LogP contribution is -2.40. The lowest BCUT2D eigenvalue weighted by molar-refractivity contribution is -0.120. The summed E-state index contributed by atoms with van der Waals surface area (Å²) in [5.41, 5.74) is 4.81. The number of aliphatic hydroxyl groups excluding tert-OH is 1. The predicted octanol–water partition coefficient (Wildman–Crippen LogP) is -0.726. The molecule has 0 aromatic carbocycles. The normalized spacial score (nSPS) is 23.9. The number of hydrogen-bond acceptors (Lipinski definition) is 4. The highest BCUT2D eigenvalue weighted by atomic mass is 16.3. The Balaban J connectivity index is 2.08. The van der Waals surface area contributed by atoms with Crippen molar-refractivity contribution in [1.82, 2.24) is 10.2 Å². The molecule has 0 radical (unpaired) electrons. The molecule has 0 unspecified atom stereocenters. The lowest BCUT2D eigenvalue weighted by Gasteiger charge is -2.34. The van der Waals surface area contributed by atoms with Crippen molar-refractivity contribution in [3.8, 4) is 0 Å². The van der Waals surface area contributed by atoms with Crippen LogP contribution in [0.3, 0.4) is 0 Å². The molecule has 0 atom stereocenters. The Morgan fingerprint density at radius 1 is 1.50 bits per heavy atom. The Kier molecular flexibility index (Phi) is 4.70. The zero-order valence-corrected chi connectivity index (χ0v) is 9.48. The topological polar surface area (TPSA) is 95.7 Å². The zero-order chi connectivity index (χ0) is 12.1. The number of primary amides is 1. The van der Waals surface area contributed by atoms with Crippen LogP contribution in [0.2, 0.25) is 0 Å². The average molecular weight is 229 g/mol. The second-order valence-corrected chi connectivity index (χ2v) is 4.42. The summed E-state index contributed by atoms with van der Waals surface area (Å²) in [4.78, 5) is 23.5. The highest BCUT2D eigenvalue weighted by Gasteiger charge is 2.27. The molecule has 1 aliphatic carbocycles. The van der Waals surface area contributed by atoms with Gasteiger partial charge in [-0.15, -0.1) is 0 Å². The molecule has 0 aromatic rings. The molecule has 1 fully saturated rings. The number of nitrogens with zero attached hydrogens (tertiary/aromatic N) is 1. The van der Waals surface area contributed by atoms with Crippen molar-refractivity contribution in [3.05, 3.63) is 0 Å². The number of hydrogen-bond donors (Lipinski definition) is 3. The van der Waals surface area contributed by atoms with Gasteiger partial charge in [0.2, 0.25) is 5.91 Å². The minimum absolute atomic E-state index is 0.142. The molecule has 1 saturated carbocycles. The van der Waals surface area contributed by atoms with Crippen molar-refractivity contribution < 1.29 is 14.7 Å². The number of carbonyl (C=O) groups excluding carboxylic acids is 2. The Labute approximate surface area is 94.8 Å². The first-order valence-corrected chi connectivity index (χ1v) is 5.43. The molecule has 0 aliphatic heterocycles. The molecule has 6 nitrogen and oxygen atoms in total. The summed E-state index contributed by atoms with van der Waals surface area (Å²) >= 11 is 0. The van der Waals surface area contributed by atoms with Crippen LogP contribution in [0.4, 0.5) is 4.79 Å². The second-order valence-electron chi connectivity index (χ2n) is 4.42. The van der Waals surface area contributed by atoms with E-state index in [4.69, 9.17) is 10.8 Å². The minimum atomic E-state index is -0.810. The van der Waals surface area contributed by atoms with Gasteiger partial charge in [-0.25, -0.2) is 4.79 Å². The number of rotatable bonds is 5. The molecule has 0 saturated heterocycles. The fourth-order valence-electron chi connectivity index (χ4n) is 1.87. The number of imide groups is 1. The molecule has 16 heavy (non-hydrogen) atoms. The van der Waals surface area contributed by atoms with Gasteiger partial charge in [-0.1, -0.05) is 0 Å². The Bertz CT molecular complexity index is 264. The van der Waals surface area contributed by atoms with Gasteiger partial charge in [0, 0.05) is 19.5 Å². The fourth-order valence-corrected chi connectivity index (χ4v) is 1.87. The van der Waals surface area contributed by atoms with Gasteiger partial charge in [0.1, 0.15) is 0 Å². The van der Waals surface area contributed by atoms with Crippen LogP contribution in [0.25, 0.3) is 0 Å². The van der Waals surface area contributed by atoms with E-state index >= 15 is 0 Å². The van der Waals surface area contributed by atoms with Gasteiger partial charge in [0.15, 0.2) is 0 Å². The average Bonchev–Trinajstić information content (AvgIpc) is 2.11. The summed E-state index contributed by atoms with van der Waals surface area (Å²) in [7, 11) is 1.92. The molecule has 4 N–H and O–H groups in total. The quantitative estimate of drug-likeness (QED) is 0.579. The monoisotopic (exact) mass is 229 g/mol. The van der Waals surface area contributed by atoms with Crippen LogP contribution in [-0.4, -0.2) is 48.2 Å². The third-order valence-corrected chi connectivity index (χ3v) is 2.76. The van der Waals surface area contributed by atoms with Gasteiger partial charge in [0.25, 0.3) is 0 Å². The van der Waals surface area contributed by atoms with E-state index < -0.39 is 6.03 Å². The van der Waals surface area contributed by atoms with Crippen LogP contribution in [0.5, 0.6) is 0 Å². The number of carbonyl (C=O) groups is 2. The standard InChI is InChI=1S/C10H19N3O3/c1-13(6-7-4-8(14)5-7)3-2-9(15)12-10(11)16/h7-8,14H,2-6H2,1H3,(H3,11,12,15,16). The maximum Gasteiger partial charge on any atom is 0.318 e. The van der Waals surface area contributed by atoms with Crippen molar-refractivity contribution in [3.63, 3.8) is 0 Å². The van der Waals surface area contributed by atoms with Gasteiger partial charge >= 0.3 is 6.03 Å². The largest absolute Gasteiger partial charge is 0.393 e. The van der Waals surface area contributed by atoms with E-state index in [2.05, 4.69) is 0 Å². The Morgan fingerprint density at radius 3 is 2.62 bits per heavy atom. The number of amides is 3. The summed E-state index contributed by atoms with van der Waals surface area (Å²) in [6.07, 6.45) is 1.81. The molecule has 0 bridgehead atoms. The predicted molar refractivity (Wildman–Crippen MR) is 58.6 cm³/mol. The van der Waals surface area contributed by atoms with E-state index in [9.17, 15) is 9.59 Å². The molecule has 0 heterocycles. The lowest BCUT2D eigenvalue weighted by atomic mass is 9.82. The first-order valence-electron chi connectivity index (χ1n) is 5.43. The van der Waals surface area contributed by atoms with Crippen LogP contribution in [-0.2, 0) is 4.79 Å². The van der Waals surface area contributed by atoms with Gasteiger partial charge in [-0.2, -0.15) is 0 Å². The van der Waals surface area contributed by atoms with E-state index in [-0.39, 0.29) is 18.4 Å². The highest BCUT2D eigenvalue weighted by Crippen LogP contribution is 2.27. The minimum Gasteiger partial charge on any atom is -0.393 e. The van der Waals surface area contributed by atoms with Crippen LogP contribution >= 0.6 is 0 Å². The Hall–Kier alpha value is -1.14. The van der Waals surface area contributed by atoms with E-state index in [0.717, 1.165) is 19.4 Å². The number of nitrogens with one attached hydrogen (secondary N) is 1. The second kappa shape index (κ2) is 5.81. The van der Waals surface area contributed by atoms with Crippen molar-refractivity contribution in [1.29, 1.82) is 0 Å². The molecule has 0 spiro atoms. The molecule has 1 aliphatic rings.